The lowest BCUT2D eigenvalue weighted by molar-refractivity contribution is -0.385. The maximum absolute atomic E-state index is 10.4. The molecule has 0 aliphatic carbocycles. The highest BCUT2D eigenvalue weighted by atomic mass is 16.6. The van der Waals surface area contributed by atoms with Crippen LogP contribution in [0, 0.1) is 21.4 Å². The second-order valence-electron chi connectivity index (χ2n) is 2.21. The van der Waals surface area contributed by atoms with Crippen LogP contribution in [0.1, 0.15) is 5.56 Å². The van der Waals surface area contributed by atoms with Gasteiger partial charge in [0, 0.05) is 6.07 Å². The third-order valence-electron chi connectivity index (χ3n) is 1.44. The van der Waals surface area contributed by atoms with Gasteiger partial charge < -0.3 is 0 Å². The van der Waals surface area contributed by atoms with Crippen molar-refractivity contribution in [2.75, 3.05) is 5.48 Å². The minimum atomic E-state index is -0.681. The summed E-state index contributed by atoms with van der Waals surface area (Å²) in [6.45, 7) is 0. The van der Waals surface area contributed by atoms with Crippen LogP contribution in [0.25, 0.3) is 0 Å². The van der Waals surface area contributed by atoms with Crippen LogP contribution in [-0.4, -0.2) is 10.1 Å². The standard InChI is InChI=1S/C7H5N3O3/c8-4-5-1-2-6(9-11)3-7(5)10(12)13/h1-3,9,11H. The minimum Gasteiger partial charge on any atom is -0.291 e. The molecule has 0 unspecified atom stereocenters. The van der Waals surface area contributed by atoms with E-state index < -0.39 is 4.92 Å². The van der Waals surface area contributed by atoms with Gasteiger partial charge in [-0.05, 0) is 12.1 Å². The van der Waals surface area contributed by atoms with Gasteiger partial charge in [0.05, 0.1) is 10.6 Å². The van der Waals surface area contributed by atoms with Gasteiger partial charge in [-0.25, -0.2) is 0 Å². The van der Waals surface area contributed by atoms with Gasteiger partial charge in [0.1, 0.15) is 11.6 Å². The molecule has 1 rings (SSSR count). The summed E-state index contributed by atoms with van der Waals surface area (Å²) in [4.78, 5) is 9.71. The lowest BCUT2D eigenvalue weighted by Crippen LogP contribution is -1.95. The average molecular weight is 179 g/mol. The number of hydrogen-bond donors (Lipinski definition) is 2. The van der Waals surface area contributed by atoms with Gasteiger partial charge in [-0.1, -0.05) is 0 Å². The van der Waals surface area contributed by atoms with Crippen LogP contribution >= 0.6 is 0 Å². The first-order valence-electron chi connectivity index (χ1n) is 3.27. The van der Waals surface area contributed by atoms with E-state index in [1.165, 1.54) is 12.1 Å². The molecule has 0 atom stereocenters. The summed E-state index contributed by atoms with van der Waals surface area (Å²) in [5.74, 6) is 0. The predicted octanol–water partition coefficient (Wildman–Crippen LogP) is 1.27. The molecule has 1 aromatic carbocycles. The molecule has 6 heteroatoms. The van der Waals surface area contributed by atoms with Crippen LogP contribution in [0.2, 0.25) is 0 Å². The van der Waals surface area contributed by atoms with Crippen LogP contribution in [0.3, 0.4) is 0 Å². The predicted molar refractivity (Wildman–Crippen MR) is 43.2 cm³/mol. The summed E-state index contributed by atoms with van der Waals surface area (Å²) >= 11 is 0. The van der Waals surface area contributed by atoms with Crippen LogP contribution in [0.4, 0.5) is 11.4 Å². The molecule has 0 saturated carbocycles. The van der Waals surface area contributed by atoms with E-state index in [0.717, 1.165) is 6.07 Å². The molecule has 1 aromatic rings. The zero-order chi connectivity index (χ0) is 9.84. The molecule has 0 amide bonds. The highest BCUT2D eigenvalue weighted by molar-refractivity contribution is 5.58. The van der Waals surface area contributed by atoms with Crippen molar-refractivity contribution in [2.45, 2.75) is 0 Å². The van der Waals surface area contributed by atoms with Crippen molar-refractivity contribution >= 4 is 11.4 Å². The Labute approximate surface area is 73.1 Å². The van der Waals surface area contributed by atoms with Crippen molar-refractivity contribution in [1.82, 2.24) is 0 Å². The zero-order valence-electron chi connectivity index (χ0n) is 6.39. The fourth-order valence-corrected chi connectivity index (χ4v) is 0.847. The molecule has 0 spiro atoms. The summed E-state index contributed by atoms with van der Waals surface area (Å²) in [6.07, 6.45) is 0. The molecule has 2 N–H and O–H groups in total. The lowest BCUT2D eigenvalue weighted by Gasteiger charge is -1.98. The molecule has 0 bridgehead atoms. The van der Waals surface area contributed by atoms with E-state index in [0.29, 0.717) is 0 Å². The maximum Gasteiger partial charge on any atom is 0.289 e. The summed E-state index contributed by atoms with van der Waals surface area (Å²) in [7, 11) is 0. The maximum atomic E-state index is 10.4. The van der Waals surface area contributed by atoms with Crippen LogP contribution in [-0.2, 0) is 0 Å². The normalized spacial score (nSPS) is 8.92. The van der Waals surface area contributed by atoms with E-state index >= 15 is 0 Å². The topological polar surface area (TPSA) is 99.2 Å². The Kier molecular flexibility index (Phi) is 2.42. The summed E-state index contributed by atoms with van der Waals surface area (Å²) in [5, 5.41) is 27.3. The second kappa shape index (κ2) is 3.51. The lowest BCUT2D eigenvalue weighted by atomic mass is 10.2. The van der Waals surface area contributed by atoms with Gasteiger partial charge in [-0.2, -0.15) is 5.26 Å². The molecule has 0 aromatic heterocycles. The monoisotopic (exact) mass is 179 g/mol. The fraction of sp³-hybridized carbons (Fsp3) is 0. The zero-order valence-corrected chi connectivity index (χ0v) is 6.39. The van der Waals surface area contributed by atoms with Gasteiger partial charge >= 0.3 is 0 Å². The van der Waals surface area contributed by atoms with E-state index in [-0.39, 0.29) is 16.9 Å². The molecular formula is C7H5N3O3. The molecule has 0 radical (unpaired) electrons. The van der Waals surface area contributed by atoms with E-state index in [2.05, 4.69) is 0 Å². The van der Waals surface area contributed by atoms with Crippen LogP contribution in [0.5, 0.6) is 0 Å². The van der Waals surface area contributed by atoms with Gasteiger partial charge in [0.25, 0.3) is 5.69 Å². The number of hydrogen-bond acceptors (Lipinski definition) is 5. The van der Waals surface area contributed by atoms with E-state index in [9.17, 15) is 10.1 Å². The molecule has 0 fully saturated rings. The number of rotatable bonds is 2. The second-order valence-corrected chi connectivity index (χ2v) is 2.21. The van der Waals surface area contributed by atoms with Crippen molar-refractivity contribution in [3.8, 4) is 6.07 Å². The van der Waals surface area contributed by atoms with E-state index in [1.54, 1.807) is 11.5 Å². The Hall–Kier alpha value is -2.13. The molecular weight excluding hydrogens is 174 g/mol. The summed E-state index contributed by atoms with van der Waals surface area (Å²) < 4.78 is 0. The highest BCUT2D eigenvalue weighted by Crippen LogP contribution is 2.21. The molecule has 6 nitrogen and oxygen atoms in total. The van der Waals surface area contributed by atoms with Crippen molar-refractivity contribution in [2.24, 2.45) is 0 Å². The fourth-order valence-electron chi connectivity index (χ4n) is 0.847. The number of nitrogens with one attached hydrogen (secondary N) is 1. The number of nitrogens with zero attached hydrogens (tertiary/aromatic N) is 2. The first-order valence-corrected chi connectivity index (χ1v) is 3.27. The molecule has 13 heavy (non-hydrogen) atoms. The largest absolute Gasteiger partial charge is 0.291 e. The molecule has 66 valence electrons. The van der Waals surface area contributed by atoms with Gasteiger partial charge in [0.15, 0.2) is 0 Å². The minimum absolute atomic E-state index is 0.0380. The number of anilines is 1. The highest BCUT2D eigenvalue weighted by Gasteiger charge is 2.13. The molecule has 0 aliphatic heterocycles. The number of nitriles is 1. The Bertz CT molecular complexity index is 383. The smallest absolute Gasteiger partial charge is 0.289 e. The third-order valence-corrected chi connectivity index (χ3v) is 1.44. The number of benzene rings is 1. The van der Waals surface area contributed by atoms with Gasteiger partial charge in [0.2, 0.25) is 0 Å². The Morgan fingerprint density at radius 1 is 1.62 bits per heavy atom. The first kappa shape index (κ1) is 8.96. The molecule has 0 heterocycles. The SMILES string of the molecule is N#Cc1ccc(NO)cc1[N+](=O)[O-]. The average Bonchev–Trinajstić information content (AvgIpc) is 2.16. The first-order chi connectivity index (χ1) is 6.19. The number of nitro benzene ring substituents is 1. The van der Waals surface area contributed by atoms with Crippen LogP contribution in [0.15, 0.2) is 18.2 Å². The Balaban J connectivity index is 3.28. The van der Waals surface area contributed by atoms with Crippen LogP contribution < -0.4 is 5.48 Å². The molecule has 0 aliphatic rings. The third kappa shape index (κ3) is 1.72. The Morgan fingerprint density at radius 2 is 2.31 bits per heavy atom. The van der Waals surface area contributed by atoms with Crippen molar-refractivity contribution in [1.29, 1.82) is 5.26 Å². The molecule has 0 saturated heterocycles. The quantitative estimate of drug-likeness (QED) is 0.526. The summed E-state index contributed by atoms with van der Waals surface area (Å²) in [5.41, 5.74) is 1.56. The van der Waals surface area contributed by atoms with Crippen molar-refractivity contribution < 1.29 is 10.1 Å². The summed E-state index contributed by atoms with van der Waals surface area (Å²) in [6, 6.07) is 5.39. The van der Waals surface area contributed by atoms with Crippen molar-refractivity contribution in [3.63, 3.8) is 0 Å². The van der Waals surface area contributed by atoms with Gasteiger partial charge in [-0.3, -0.25) is 20.8 Å². The van der Waals surface area contributed by atoms with E-state index in [1.807, 2.05) is 0 Å². The van der Waals surface area contributed by atoms with Gasteiger partial charge in [-0.15, -0.1) is 0 Å². The Morgan fingerprint density at radius 3 is 2.77 bits per heavy atom. The van der Waals surface area contributed by atoms with Crippen molar-refractivity contribution in [3.05, 3.63) is 33.9 Å². The number of nitro groups is 1. The van der Waals surface area contributed by atoms with E-state index in [4.69, 9.17) is 10.5 Å².